The van der Waals surface area contributed by atoms with Crippen LogP contribution in [0.5, 0.6) is 5.75 Å². The highest BCUT2D eigenvalue weighted by Crippen LogP contribution is 2.32. The van der Waals surface area contributed by atoms with E-state index in [1.807, 2.05) is 30.3 Å². The van der Waals surface area contributed by atoms with Crippen LogP contribution in [0.1, 0.15) is 52.2 Å². The van der Waals surface area contributed by atoms with Gasteiger partial charge in [0.1, 0.15) is 12.4 Å². The molecule has 0 N–H and O–H groups in total. The average Bonchev–Trinajstić information content (AvgIpc) is 2.86. The molecule has 3 aromatic rings. The fraction of sp³-hybridized carbons (Fsp3) is 0.345. The van der Waals surface area contributed by atoms with Gasteiger partial charge in [0.05, 0.1) is 0 Å². The van der Waals surface area contributed by atoms with Crippen LogP contribution in [0.3, 0.4) is 0 Å². The van der Waals surface area contributed by atoms with E-state index in [1.165, 1.54) is 18.4 Å². The Bertz CT molecular complexity index is 1040. The predicted molar refractivity (Wildman–Crippen MR) is 128 cm³/mol. The van der Waals surface area contributed by atoms with Crippen molar-refractivity contribution in [3.8, 4) is 5.75 Å². The van der Waals surface area contributed by atoms with Gasteiger partial charge in [-0.2, -0.15) is 0 Å². The first-order valence-corrected chi connectivity index (χ1v) is 11.9. The average molecular weight is 426 g/mol. The molecule has 3 heteroatoms. The number of hydrogen-bond donors (Lipinski definition) is 0. The van der Waals surface area contributed by atoms with E-state index < -0.39 is 0 Å². The molecule has 1 aliphatic carbocycles. The van der Waals surface area contributed by atoms with Crippen molar-refractivity contribution < 1.29 is 9.53 Å². The topological polar surface area (TPSA) is 29.5 Å². The maximum absolute atomic E-state index is 13.2. The smallest absolute Gasteiger partial charge is 0.167 e. The molecule has 1 unspecified atom stereocenters. The molecule has 0 bridgehead atoms. The molecule has 3 aromatic carbocycles. The van der Waals surface area contributed by atoms with Crippen LogP contribution < -0.4 is 4.74 Å². The summed E-state index contributed by atoms with van der Waals surface area (Å²) in [7, 11) is 0. The van der Waals surface area contributed by atoms with Gasteiger partial charge in [0.2, 0.25) is 0 Å². The second kappa shape index (κ2) is 9.70. The van der Waals surface area contributed by atoms with Gasteiger partial charge in [-0.3, -0.25) is 4.79 Å². The summed E-state index contributed by atoms with van der Waals surface area (Å²) in [4.78, 5) is 15.7. The first kappa shape index (κ1) is 21.0. The molecule has 5 rings (SSSR count). The minimum atomic E-state index is 0.117. The molecule has 1 atom stereocenters. The van der Waals surface area contributed by atoms with Gasteiger partial charge in [-0.15, -0.1) is 0 Å². The summed E-state index contributed by atoms with van der Waals surface area (Å²) in [5, 5.41) is 0. The quantitative estimate of drug-likeness (QED) is 0.493. The minimum absolute atomic E-state index is 0.117. The minimum Gasteiger partial charge on any atom is -0.489 e. The lowest BCUT2D eigenvalue weighted by atomic mass is 9.81. The molecule has 0 aromatic heterocycles. The zero-order chi connectivity index (χ0) is 21.8. The second-order valence-electron chi connectivity index (χ2n) is 9.18. The predicted octanol–water partition coefficient (Wildman–Crippen LogP) is 5.89. The number of carbonyl (C=O) groups excluding carboxylic acids is 1. The van der Waals surface area contributed by atoms with Crippen LogP contribution in [0.25, 0.3) is 0 Å². The Kier molecular flexibility index (Phi) is 6.36. The highest BCUT2D eigenvalue weighted by Gasteiger charge is 2.30. The first-order valence-electron chi connectivity index (χ1n) is 11.9. The SMILES string of the molecule is O=C1c2ccc(OCc3ccccc3)cc2CCC1CN1CCC(c2ccccc2)CC1. The normalized spacial score (nSPS) is 19.5. The van der Waals surface area contributed by atoms with Gasteiger partial charge >= 0.3 is 0 Å². The number of nitrogens with zero attached hydrogens (tertiary/aromatic N) is 1. The van der Waals surface area contributed by atoms with E-state index in [1.54, 1.807) is 0 Å². The van der Waals surface area contributed by atoms with Gasteiger partial charge in [0, 0.05) is 18.0 Å². The van der Waals surface area contributed by atoms with E-state index in [2.05, 4.69) is 53.4 Å². The monoisotopic (exact) mass is 425 g/mol. The molecule has 3 nitrogen and oxygen atoms in total. The molecule has 0 amide bonds. The van der Waals surface area contributed by atoms with Gasteiger partial charge in [-0.1, -0.05) is 60.7 Å². The third-order valence-electron chi connectivity index (χ3n) is 7.06. The third kappa shape index (κ3) is 4.78. The molecule has 0 saturated carbocycles. The lowest BCUT2D eigenvalue weighted by molar-refractivity contribution is 0.0840. The molecule has 0 spiro atoms. The van der Waals surface area contributed by atoms with Gasteiger partial charge < -0.3 is 9.64 Å². The molecule has 1 saturated heterocycles. The fourth-order valence-electron chi connectivity index (χ4n) is 5.19. The number of benzene rings is 3. The van der Waals surface area contributed by atoms with Crippen LogP contribution in [0, 0.1) is 5.92 Å². The molecule has 32 heavy (non-hydrogen) atoms. The van der Waals surface area contributed by atoms with Gasteiger partial charge in [0.15, 0.2) is 5.78 Å². The number of rotatable bonds is 6. The van der Waals surface area contributed by atoms with Crippen LogP contribution in [0.15, 0.2) is 78.9 Å². The lowest BCUT2D eigenvalue weighted by Crippen LogP contribution is -2.40. The van der Waals surface area contributed by atoms with Crippen molar-refractivity contribution in [3.05, 3.63) is 101 Å². The van der Waals surface area contributed by atoms with Crippen LogP contribution in [-0.2, 0) is 13.0 Å². The third-order valence-corrected chi connectivity index (χ3v) is 7.06. The maximum Gasteiger partial charge on any atom is 0.167 e. The van der Waals surface area contributed by atoms with Gasteiger partial charge in [-0.05, 0) is 79.6 Å². The van der Waals surface area contributed by atoms with Crippen molar-refractivity contribution in [2.75, 3.05) is 19.6 Å². The molecular weight excluding hydrogens is 394 g/mol. The number of carbonyl (C=O) groups is 1. The van der Waals surface area contributed by atoms with E-state index in [-0.39, 0.29) is 5.92 Å². The maximum atomic E-state index is 13.2. The lowest BCUT2D eigenvalue weighted by Gasteiger charge is -2.35. The Morgan fingerprint density at radius 3 is 2.31 bits per heavy atom. The molecule has 164 valence electrons. The number of aryl methyl sites for hydroxylation is 1. The summed E-state index contributed by atoms with van der Waals surface area (Å²) < 4.78 is 5.97. The second-order valence-corrected chi connectivity index (χ2v) is 9.18. The standard InChI is InChI=1S/C29H31NO2/c31-29-26(20-30-17-15-24(16-18-30)23-9-5-2-6-10-23)12-11-25-19-27(13-14-28(25)29)32-21-22-7-3-1-4-8-22/h1-10,13-14,19,24,26H,11-12,15-18,20-21H2. The molecule has 1 heterocycles. The van der Waals surface area contributed by atoms with E-state index in [4.69, 9.17) is 4.74 Å². The van der Waals surface area contributed by atoms with E-state index in [0.29, 0.717) is 18.3 Å². The molecule has 2 aliphatic rings. The molecular formula is C29H31NO2. The molecule has 1 aliphatic heterocycles. The Hall–Kier alpha value is -2.91. The van der Waals surface area contributed by atoms with Crippen molar-refractivity contribution >= 4 is 5.78 Å². The highest BCUT2D eigenvalue weighted by molar-refractivity contribution is 6.00. The van der Waals surface area contributed by atoms with Crippen molar-refractivity contribution in [2.45, 2.75) is 38.2 Å². The summed E-state index contributed by atoms with van der Waals surface area (Å²) in [6.45, 7) is 3.62. The number of likely N-dealkylation sites (tertiary alicyclic amines) is 1. The Labute approximate surface area is 191 Å². The van der Waals surface area contributed by atoms with E-state index in [0.717, 1.165) is 54.9 Å². The molecule has 1 fully saturated rings. The van der Waals surface area contributed by atoms with Crippen LogP contribution in [0.4, 0.5) is 0 Å². The largest absolute Gasteiger partial charge is 0.489 e. The van der Waals surface area contributed by atoms with Crippen molar-refractivity contribution in [2.24, 2.45) is 5.92 Å². The first-order chi connectivity index (χ1) is 15.8. The Balaban J connectivity index is 1.16. The fourth-order valence-corrected chi connectivity index (χ4v) is 5.19. The van der Waals surface area contributed by atoms with E-state index >= 15 is 0 Å². The summed E-state index contributed by atoms with van der Waals surface area (Å²) in [5.41, 5.74) is 4.64. The highest BCUT2D eigenvalue weighted by atomic mass is 16.5. The number of ether oxygens (including phenoxy) is 1. The summed E-state index contributed by atoms with van der Waals surface area (Å²) in [5.74, 6) is 1.93. The van der Waals surface area contributed by atoms with Crippen molar-refractivity contribution in [3.63, 3.8) is 0 Å². The number of fused-ring (bicyclic) bond motifs is 1. The van der Waals surface area contributed by atoms with Gasteiger partial charge in [-0.25, -0.2) is 0 Å². The Morgan fingerprint density at radius 1 is 0.844 bits per heavy atom. The number of piperidine rings is 1. The van der Waals surface area contributed by atoms with Crippen molar-refractivity contribution in [1.29, 1.82) is 0 Å². The van der Waals surface area contributed by atoms with Gasteiger partial charge in [0.25, 0.3) is 0 Å². The van der Waals surface area contributed by atoms with Crippen molar-refractivity contribution in [1.82, 2.24) is 4.90 Å². The summed E-state index contributed by atoms with van der Waals surface area (Å²) in [6, 6.07) is 27.0. The molecule has 0 radical (unpaired) electrons. The number of hydrogen-bond acceptors (Lipinski definition) is 3. The zero-order valence-electron chi connectivity index (χ0n) is 18.6. The zero-order valence-corrected chi connectivity index (χ0v) is 18.6. The summed E-state index contributed by atoms with van der Waals surface area (Å²) >= 11 is 0. The summed E-state index contributed by atoms with van der Waals surface area (Å²) in [6.07, 6.45) is 4.26. The number of ketones is 1. The number of Topliss-reactive ketones (excluding diaryl/α,β-unsaturated/α-hetero) is 1. The van der Waals surface area contributed by atoms with E-state index in [9.17, 15) is 4.79 Å². The van der Waals surface area contributed by atoms with Crippen LogP contribution in [-0.4, -0.2) is 30.3 Å². The Morgan fingerprint density at radius 2 is 1.56 bits per heavy atom. The van der Waals surface area contributed by atoms with Crippen LogP contribution in [0.2, 0.25) is 0 Å². The van der Waals surface area contributed by atoms with Crippen LogP contribution >= 0.6 is 0 Å².